The highest BCUT2D eigenvalue weighted by Crippen LogP contribution is 2.34. The number of pyridine rings is 1. The predicted octanol–water partition coefficient (Wildman–Crippen LogP) is 5.14. The predicted molar refractivity (Wildman–Crippen MR) is 133 cm³/mol. The fourth-order valence-corrected chi connectivity index (χ4v) is 5.08. The number of hydrogen-bond donors (Lipinski definition) is 1. The second kappa shape index (κ2) is 13.7. The van der Waals surface area contributed by atoms with E-state index in [1.54, 1.807) is 26.8 Å². The summed E-state index contributed by atoms with van der Waals surface area (Å²) in [6.45, 7) is 7.47. The van der Waals surface area contributed by atoms with E-state index in [9.17, 15) is 19.6 Å². The van der Waals surface area contributed by atoms with Crippen molar-refractivity contribution in [1.29, 1.82) is 5.26 Å². The first kappa shape index (κ1) is 27.3. The SMILES string of the molecule is CCCCc1ccc(C#N)c(SCCC(=O)Nc2sc(C(=O)OCC)c(C)c2C(=O)OCC)n1. The van der Waals surface area contributed by atoms with Gasteiger partial charge in [-0.1, -0.05) is 13.3 Å². The number of nitrogens with one attached hydrogen (secondary N) is 1. The van der Waals surface area contributed by atoms with Crippen molar-refractivity contribution in [3.63, 3.8) is 0 Å². The van der Waals surface area contributed by atoms with Crippen LogP contribution in [0.1, 0.15) is 76.9 Å². The molecule has 1 N–H and O–H groups in total. The number of aromatic nitrogens is 1. The van der Waals surface area contributed by atoms with Crippen LogP contribution in [0.4, 0.5) is 5.00 Å². The van der Waals surface area contributed by atoms with Crippen molar-refractivity contribution in [2.45, 2.75) is 58.4 Å². The van der Waals surface area contributed by atoms with Crippen LogP contribution in [0.3, 0.4) is 0 Å². The van der Waals surface area contributed by atoms with Crippen molar-refractivity contribution >= 4 is 45.9 Å². The minimum absolute atomic E-state index is 0.129. The van der Waals surface area contributed by atoms with E-state index in [0.717, 1.165) is 36.3 Å². The molecule has 0 atom stereocenters. The Kier molecular flexibility index (Phi) is 11.0. The smallest absolute Gasteiger partial charge is 0.348 e. The highest BCUT2D eigenvalue weighted by molar-refractivity contribution is 7.99. The molecular formula is C24H29N3O5S2. The maximum Gasteiger partial charge on any atom is 0.348 e. The van der Waals surface area contributed by atoms with Crippen LogP contribution in [-0.4, -0.2) is 41.8 Å². The first-order valence-corrected chi connectivity index (χ1v) is 13.0. The lowest BCUT2D eigenvalue weighted by molar-refractivity contribution is -0.115. The Morgan fingerprint density at radius 3 is 2.50 bits per heavy atom. The summed E-state index contributed by atoms with van der Waals surface area (Å²) in [7, 11) is 0. The maximum absolute atomic E-state index is 12.6. The van der Waals surface area contributed by atoms with Crippen LogP contribution in [0.5, 0.6) is 0 Å². The number of aryl methyl sites for hydroxylation is 1. The molecule has 2 aromatic rings. The van der Waals surface area contributed by atoms with Gasteiger partial charge in [-0.2, -0.15) is 5.26 Å². The molecule has 34 heavy (non-hydrogen) atoms. The number of thiophene rings is 1. The van der Waals surface area contributed by atoms with Gasteiger partial charge in [0.15, 0.2) is 0 Å². The van der Waals surface area contributed by atoms with Crippen LogP contribution in [0.2, 0.25) is 0 Å². The molecule has 0 aromatic carbocycles. The van der Waals surface area contributed by atoms with Gasteiger partial charge in [0.1, 0.15) is 21.0 Å². The Morgan fingerprint density at radius 2 is 1.85 bits per heavy atom. The molecule has 2 heterocycles. The van der Waals surface area contributed by atoms with Crippen LogP contribution in [-0.2, 0) is 20.7 Å². The molecule has 0 aliphatic carbocycles. The molecule has 8 nitrogen and oxygen atoms in total. The van der Waals surface area contributed by atoms with Crippen molar-refractivity contribution in [3.8, 4) is 6.07 Å². The average Bonchev–Trinajstić information content (AvgIpc) is 3.13. The number of carbonyl (C=O) groups excluding carboxylic acids is 3. The topological polar surface area (TPSA) is 118 Å². The van der Waals surface area contributed by atoms with Gasteiger partial charge in [0.2, 0.25) is 5.91 Å². The third-order valence-electron chi connectivity index (χ3n) is 4.73. The van der Waals surface area contributed by atoms with E-state index in [1.165, 1.54) is 11.8 Å². The zero-order chi connectivity index (χ0) is 25.1. The molecule has 0 aliphatic rings. The van der Waals surface area contributed by atoms with Gasteiger partial charge in [0.25, 0.3) is 0 Å². The first-order valence-electron chi connectivity index (χ1n) is 11.2. The number of hydrogen-bond acceptors (Lipinski definition) is 9. The molecule has 0 radical (unpaired) electrons. The highest BCUT2D eigenvalue weighted by atomic mass is 32.2. The van der Waals surface area contributed by atoms with Gasteiger partial charge >= 0.3 is 11.9 Å². The Labute approximate surface area is 208 Å². The Morgan fingerprint density at radius 1 is 1.15 bits per heavy atom. The van der Waals surface area contributed by atoms with Gasteiger partial charge < -0.3 is 14.8 Å². The van der Waals surface area contributed by atoms with E-state index in [-0.39, 0.29) is 41.0 Å². The summed E-state index contributed by atoms with van der Waals surface area (Å²) < 4.78 is 10.2. The van der Waals surface area contributed by atoms with Crippen molar-refractivity contribution in [2.24, 2.45) is 0 Å². The second-order valence-electron chi connectivity index (χ2n) is 7.22. The number of anilines is 1. The summed E-state index contributed by atoms with van der Waals surface area (Å²) in [6.07, 6.45) is 3.04. The Hall–Kier alpha value is -2.90. The van der Waals surface area contributed by atoms with Gasteiger partial charge in [0, 0.05) is 17.9 Å². The maximum atomic E-state index is 12.6. The number of ether oxygens (including phenoxy) is 2. The fraction of sp³-hybridized carbons (Fsp3) is 0.458. The van der Waals surface area contributed by atoms with E-state index in [2.05, 4.69) is 23.3 Å². The van der Waals surface area contributed by atoms with Gasteiger partial charge in [-0.05, 0) is 51.3 Å². The Balaban J connectivity index is 2.11. The monoisotopic (exact) mass is 503 g/mol. The minimum atomic E-state index is -0.608. The van der Waals surface area contributed by atoms with Crippen molar-refractivity contribution < 1.29 is 23.9 Å². The molecule has 1 amide bonds. The molecule has 0 saturated heterocycles. The number of nitriles is 1. The van der Waals surface area contributed by atoms with E-state index in [1.807, 2.05) is 6.07 Å². The molecule has 0 unspecified atom stereocenters. The number of rotatable bonds is 12. The van der Waals surface area contributed by atoms with Gasteiger partial charge in [-0.3, -0.25) is 4.79 Å². The Bertz CT molecular complexity index is 1080. The van der Waals surface area contributed by atoms with E-state index >= 15 is 0 Å². The van der Waals surface area contributed by atoms with Crippen molar-refractivity contribution in [3.05, 3.63) is 39.4 Å². The fourth-order valence-electron chi connectivity index (χ4n) is 3.04. The van der Waals surface area contributed by atoms with Gasteiger partial charge in [-0.25, -0.2) is 14.6 Å². The van der Waals surface area contributed by atoms with E-state index < -0.39 is 11.9 Å². The van der Waals surface area contributed by atoms with Crippen LogP contribution in [0.15, 0.2) is 17.2 Å². The standard InChI is InChI=1S/C24H29N3O5S2/c1-5-8-9-17-11-10-16(14-25)21(26-17)33-13-12-18(28)27-22-19(23(29)31-6-2)15(4)20(34-22)24(30)32-7-3/h10-11H,5-9,12-13H2,1-4H3,(H,27,28). The minimum Gasteiger partial charge on any atom is -0.462 e. The third-order valence-corrected chi connectivity index (χ3v) is 6.91. The summed E-state index contributed by atoms with van der Waals surface area (Å²) in [5.74, 6) is -1.09. The van der Waals surface area contributed by atoms with E-state index in [4.69, 9.17) is 9.47 Å². The van der Waals surface area contributed by atoms with Crippen LogP contribution < -0.4 is 5.32 Å². The first-order chi connectivity index (χ1) is 16.4. The molecule has 0 aliphatic heterocycles. The number of esters is 2. The lowest BCUT2D eigenvalue weighted by Crippen LogP contribution is -2.15. The summed E-state index contributed by atoms with van der Waals surface area (Å²) in [5.41, 5.74) is 1.97. The summed E-state index contributed by atoms with van der Waals surface area (Å²) >= 11 is 2.33. The molecule has 0 saturated carbocycles. The highest BCUT2D eigenvalue weighted by Gasteiger charge is 2.27. The molecule has 2 rings (SSSR count). The number of unbranched alkanes of at least 4 members (excludes halogenated alkanes) is 1. The molecule has 182 valence electrons. The zero-order valence-corrected chi connectivity index (χ0v) is 21.5. The molecule has 0 spiro atoms. The summed E-state index contributed by atoms with van der Waals surface area (Å²) in [4.78, 5) is 42.2. The largest absolute Gasteiger partial charge is 0.462 e. The third kappa shape index (κ3) is 7.30. The lowest BCUT2D eigenvalue weighted by atomic mass is 10.1. The quantitative estimate of drug-likeness (QED) is 0.312. The molecule has 2 aromatic heterocycles. The number of amides is 1. The molecule has 0 bridgehead atoms. The van der Waals surface area contributed by atoms with Gasteiger partial charge in [0.05, 0.1) is 24.3 Å². The van der Waals surface area contributed by atoms with Gasteiger partial charge in [-0.15, -0.1) is 23.1 Å². The lowest BCUT2D eigenvalue weighted by Gasteiger charge is -2.08. The molecule has 0 fully saturated rings. The second-order valence-corrected chi connectivity index (χ2v) is 9.32. The van der Waals surface area contributed by atoms with E-state index in [0.29, 0.717) is 21.9 Å². The summed E-state index contributed by atoms with van der Waals surface area (Å²) in [6, 6.07) is 5.77. The normalized spacial score (nSPS) is 10.4. The van der Waals surface area contributed by atoms with Crippen LogP contribution >= 0.6 is 23.1 Å². The van der Waals surface area contributed by atoms with Crippen molar-refractivity contribution in [1.82, 2.24) is 4.98 Å². The van der Waals surface area contributed by atoms with Crippen LogP contribution in [0, 0.1) is 18.3 Å². The molecular weight excluding hydrogens is 474 g/mol. The number of thioether (sulfide) groups is 1. The van der Waals surface area contributed by atoms with Crippen molar-refractivity contribution in [2.75, 3.05) is 24.3 Å². The zero-order valence-electron chi connectivity index (χ0n) is 19.9. The summed E-state index contributed by atoms with van der Waals surface area (Å²) in [5, 5.41) is 13.0. The number of carbonyl (C=O) groups is 3. The van der Waals surface area contributed by atoms with Crippen LogP contribution in [0.25, 0.3) is 0 Å². The number of nitrogens with zero attached hydrogens (tertiary/aromatic N) is 2. The average molecular weight is 504 g/mol. The molecule has 10 heteroatoms.